The Morgan fingerprint density at radius 2 is 2.10 bits per heavy atom. The van der Waals surface area contributed by atoms with Crippen molar-refractivity contribution in [1.82, 2.24) is 19.4 Å². The van der Waals surface area contributed by atoms with E-state index >= 15 is 0 Å². The van der Waals surface area contributed by atoms with Gasteiger partial charge >= 0.3 is 0 Å². The Morgan fingerprint density at radius 1 is 1.34 bits per heavy atom. The van der Waals surface area contributed by atoms with Gasteiger partial charge in [-0.3, -0.25) is 19.7 Å². The number of hydrogen-bond donors (Lipinski definition) is 1. The lowest BCUT2D eigenvalue weighted by Gasteiger charge is -2.17. The van der Waals surface area contributed by atoms with Gasteiger partial charge in [0.25, 0.3) is 5.56 Å². The molecule has 0 aliphatic heterocycles. The van der Waals surface area contributed by atoms with Crippen LogP contribution in [0.5, 0.6) is 0 Å². The summed E-state index contributed by atoms with van der Waals surface area (Å²) < 4.78 is 2.99. The van der Waals surface area contributed by atoms with Crippen molar-refractivity contribution in [2.75, 3.05) is 5.43 Å². The first-order valence-corrected chi connectivity index (χ1v) is 11.0. The second kappa shape index (κ2) is 7.57. The van der Waals surface area contributed by atoms with Crippen LogP contribution >= 0.6 is 22.9 Å². The van der Waals surface area contributed by atoms with E-state index in [-0.39, 0.29) is 17.9 Å². The van der Waals surface area contributed by atoms with Crippen LogP contribution in [-0.2, 0) is 24.2 Å². The van der Waals surface area contributed by atoms with Gasteiger partial charge in [-0.25, -0.2) is 9.66 Å². The molecule has 0 saturated carbocycles. The number of fused-ring (bicyclic) bond motifs is 3. The third-order valence-corrected chi connectivity index (χ3v) is 7.27. The van der Waals surface area contributed by atoms with Gasteiger partial charge in [0, 0.05) is 11.3 Å². The smallest absolute Gasteiger partial charge is 0.273 e. The summed E-state index contributed by atoms with van der Waals surface area (Å²) >= 11 is 7.77. The first-order valence-electron chi connectivity index (χ1n) is 9.79. The molecule has 1 atom stereocenters. The van der Waals surface area contributed by atoms with Gasteiger partial charge in [-0.2, -0.15) is 5.10 Å². The van der Waals surface area contributed by atoms with Crippen molar-refractivity contribution < 1.29 is 4.79 Å². The Bertz CT molecular complexity index is 1180. The van der Waals surface area contributed by atoms with E-state index < -0.39 is 0 Å². The molecule has 0 radical (unpaired) electrons. The highest BCUT2D eigenvalue weighted by Crippen LogP contribution is 2.35. The molecule has 1 aliphatic rings. The summed E-state index contributed by atoms with van der Waals surface area (Å²) in [5.41, 5.74) is 5.20. The topological polar surface area (TPSA) is 81.8 Å². The zero-order valence-electron chi connectivity index (χ0n) is 17.0. The first-order chi connectivity index (χ1) is 13.8. The van der Waals surface area contributed by atoms with Crippen LogP contribution < -0.4 is 11.0 Å². The number of amides is 1. The van der Waals surface area contributed by atoms with Crippen molar-refractivity contribution in [1.29, 1.82) is 0 Å². The summed E-state index contributed by atoms with van der Waals surface area (Å²) in [7, 11) is 0. The minimum absolute atomic E-state index is 0.182. The van der Waals surface area contributed by atoms with Crippen LogP contribution in [0.3, 0.4) is 0 Å². The largest absolute Gasteiger partial charge is 0.281 e. The SMILES string of the molecule is Cc1nn(CCC(=O)Nn2c(C)nc3sc4c(c3c2=O)CC[C@H](C)C4)c(C)c1Cl. The maximum atomic E-state index is 13.2. The maximum absolute atomic E-state index is 13.2. The molecule has 0 unspecified atom stereocenters. The fourth-order valence-corrected chi connectivity index (χ4v) is 5.46. The highest BCUT2D eigenvalue weighted by atomic mass is 35.5. The molecule has 0 aromatic carbocycles. The molecule has 0 fully saturated rings. The standard InChI is InChI=1S/C20H24ClN5O2S/c1-10-5-6-14-15(9-10)29-19-17(14)20(28)26(13(4)22-19)24-16(27)7-8-25-12(3)18(21)11(2)23-25/h10H,5-9H2,1-4H3,(H,24,27)/t10-/m0/s1. The third kappa shape index (κ3) is 3.59. The number of thiophene rings is 1. The van der Waals surface area contributed by atoms with E-state index in [0.717, 1.165) is 41.0 Å². The summed E-state index contributed by atoms with van der Waals surface area (Å²) in [6, 6.07) is 0. The van der Waals surface area contributed by atoms with E-state index in [9.17, 15) is 9.59 Å². The number of nitrogens with one attached hydrogen (secondary N) is 1. The molecule has 1 N–H and O–H groups in total. The fraction of sp³-hybridized carbons (Fsp3) is 0.500. The molecule has 3 aromatic heterocycles. The zero-order chi connectivity index (χ0) is 20.9. The molecule has 1 aliphatic carbocycles. The summed E-state index contributed by atoms with van der Waals surface area (Å²) in [6.07, 6.45) is 3.14. The Labute approximate surface area is 177 Å². The summed E-state index contributed by atoms with van der Waals surface area (Å²) in [5, 5.41) is 5.61. The maximum Gasteiger partial charge on any atom is 0.281 e. The van der Waals surface area contributed by atoms with Gasteiger partial charge in [-0.15, -0.1) is 11.3 Å². The normalized spacial score (nSPS) is 16.2. The summed E-state index contributed by atoms with van der Waals surface area (Å²) in [6.45, 7) is 8.06. The van der Waals surface area contributed by atoms with Crippen LogP contribution in [0.2, 0.25) is 5.02 Å². The molecule has 0 saturated heterocycles. The second-order valence-electron chi connectivity index (χ2n) is 7.82. The van der Waals surface area contributed by atoms with Crippen LogP contribution in [0.15, 0.2) is 4.79 Å². The van der Waals surface area contributed by atoms with E-state index in [2.05, 4.69) is 22.4 Å². The van der Waals surface area contributed by atoms with Crippen LogP contribution in [0.25, 0.3) is 10.2 Å². The number of aromatic nitrogens is 4. The van der Waals surface area contributed by atoms with Gasteiger partial charge in [0.1, 0.15) is 10.7 Å². The van der Waals surface area contributed by atoms with E-state index in [4.69, 9.17) is 11.6 Å². The van der Waals surface area contributed by atoms with Crippen molar-refractivity contribution in [2.45, 2.75) is 59.9 Å². The van der Waals surface area contributed by atoms with Crippen molar-refractivity contribution in [3.8, 4) is 0 Å². The van der Waals surface area contributed by atoms with Gasteiger partial charge in [0.05, 0.1) is 28.3 Å². The predicted molar refractivity (Wildman–Crippen MR) is 116 cm³/mol. The average Bonchev–Trinajstić information content (AvgIpc) is 3.14. The molecular formula is C20H24ClN5O2S. The zero-order valence-corrected chi connectivity index (χ0v) is 18.6. The lowest BCUT2D eigenvalue weighted by atomic mass is 9.89. The molecule has 1 amide bonds. The number of hydrogen-bond acceptors (Lipinski definition) is 5. The van der Waals surface area contributed by atoms with Crippen LogP contribution in [0.1, 0.15) is 47.4 Å². The lowest BCUT2D eigenvalue weighted by Crippen LogP contribution is -2.36. The third-order valence-electron chi connectivity index (χ3n) is 5.58. The number of carbonyl (C=O) groups is 1. The fourth-order valence-electron chi connectivity index (χ4n) is 3.90. The Morgan fingerprint density at radius 3 is 2.79 bits per heavy atom. The van der Waals surface area contributed by atoms with Gasteiger partial charge in [-0.1, -0.05) is 18.5 Å². The molecule has 154 valence electrons. The molecule has 3 heterocycles. The van der Waals surface area contributed by atoms with Crippen LogP contribution in [0.4, 0.5) is 0 Å². The highest BCUT2D eigenvalue weighted by Gasteiger charge is 2.24. The lowest BCUT2D eigenvalue weighted by molar-refractivity contribution is -0.117. The number of rotatable bonds is 4. The monoisotopic (exact) mass is 433 g/mol. The van der Waals surface area contributed by atoms with E-state index in [1.807, 2.05) is 13.8 Å². The van der Waals surface area contributed by atoms with Gasteiger partial charge in [0.2, 0.25) is 5.91 Å². The van der Waals surface area contributed by atoms with Gasteiger partial charge in [-0.05, 0) is 51.5 Å². The van der Waals surface area contributed by atoms with Crippen molar-refractivity contribution in [2.24, 2.45) is 5.92 Å². The molecule has 9 heteroatoms. The number of carbonyl (C=O) groups excluding carboxylic acids is 1. The molecule has 4 rings (SSSR count). The molecule has 7 nitrogen and oxygen atoms in total. The number of nitrogens with zero attached hydrogens (tertiary/aromatic N) is 4. The Kier molecular flexibility index (Phi) is 5.25. The van der Waals surface area contributed by atoms with Gasteiger partial charge < -0.3 is 0 Å². The van der Waals surface area contributed by atoms with E-state index in [1.165, 1.54) is 9.55 Å². The number of aryl methyl sites for hydroxylation is 4. The summed E-state index contributed by atoms with van der Waals surface area (Å²) in [5.74, 6) is 0.843. The van der Waals surface area contributed by atoms with Gasteiger partial charge in [0.15, 0.2) is 0 Å². The van der Waals surface area contributed by atoms with Crippen molar-refractivity contribution >= 4 is 39.1 Å². The molecule has 0 spiro atoms. The second-order valence-corrected chi connectivity index (χ2v) is 9.29. The predicted octanol–water partition coefficient (Wildman–Crippen LogP) is 3.52. The Hall–Kier alpha value is -2.19. The van der Waals surface area contributed by atoms with Crippen molar-refractivity contribution in [3.63, 3.8) is 0 Å². The minimum Gasteiger partial charge on any atom is -0.273 e. The minimum atomic E-state index is -0.266. The van der Waals surface area contributed by atoms with Crippen molar-refractivity contribution in [3.05, 3.63) is 43.0 Å². The highest BCUT2D eigenvalue weighted by molar-refractivity contribution is 7.18. The van der Waals surface area contributed by atoms with E-state index in [0.29, 0.717) is 28.7 Å². The Balaban J connectivity index is 1.58. The van der Waals surface area contributed by atoms with E-state index in [1.54, 1.807) is 22.9 Å². The quantitative estimate of drug-likeness (QED) is 0.682. The van der Waals surface area contributed by atoms with Crippen LogP contribution in [0, 0.1) is 26.7 Å². The molecular weight excluding hydrogens is 410 g/mol. The van der Waals surface area contributed by atoms with Crippen LogP contribution in [-0.4, -0.2) is 25.3 Å². The average molecular weight is 434 g/mol. The molecule has 29 heavy (non-hydrogen) atoms. The first kappa shape index (κ1) is 20.1. The molecule has 0 bridgehead atoms. The molecule has 3 aromatic rings. The summed E-state index contributed by atoms with van der Waals surface area (Å²) in [4.78, 5) is 32.3. The number of halogens is 1.